The third kappa shape index (κ3) is 31.1. The van der Waals surface area contributed by atoms with Gasteiger partial charge >= 0.3 is 0 Å². The number of hydrogen-bond acceptors (Lipinski definition) is 13. The molecule has 3 aliphatic rings. The SMILES string of the molecule is CC.CC.CC.CC.CC.CC.CC.CC.CC.CC.CC.CC.CCN(N)/C=C(\N)c1ccc(N2CCc3cccc(C(=O)NC)c3C2)nc1C.CCn1cc(-c2ccc(N3CCc4cccc(C(=O)NC)c4C3)nc2C)cn1.CCn1ccc(-c2ccc(N3CCc4cccc(C(=O)NC)c4C3)nc2C)c1. The van der Waals surface area contributed by atoms with E-state index in [0.29, 0.717) is 31.9 Å². The number of rotatable bonds is 13. The van der Waals surface area contributed by atoms with E-state index in [-0.39, 0.29) is 17.7 Å². The summed E-state index contributed by atoms with van der Waals surface area (Å²) in [7, 11) is 5.01. The number of amides is 3. The summed E-state index contributed by atoms with van der Waals surface area (Å²) in [6.45, 7) is 67.4. The van der Waals surface area contributed by atoms with E-state index in [1.165, 1.54) is 27.8 Å². The Bertz CT molecular complexity index is 3550. The van der Waals surface area contributed by atoms with Crippen LogP contribution in [0.15, 0.2) is 128 Å². The molecule has 3 aromatic carbocycles. The van der Waals surface area contributed by atoms with E-state index in [0.717, 1.165) is 137 Å². The number of nitrogens with two attached hydrogens (primary N) is 2. The lowest BCUT2D eigenvalue weighted by Gasteiger charge is -2.31. The zero-order valence-corrected chi connectivity index (χ0v) is 74.0. The van der Waals surface area contributed by atoms with Gasteiger partial charge in [0.05, 0.1) is 11.9 Å². The van der Waals surface area contributed by atoms with Crippen molar-refractivity contribution in [3.8, 4) is 22.3 Å². The molecule has 18 nitrogen and oxygen atoms in total. The summed E-state index contributed by atoms with van der Waals surface area (Å²) in [5.41, 5.74) is 24.3. The summed E-state index contributed by atoms with van der Waals surface area (Å²) in [6, 6.07) is 32.4. The maximum atomic E-state index is 12.3. The van der Waals surface area contributed by atoms with Crippen molar-refractivity contribution < 1.29 is 14.4 Å². The van der Waals surface area contributed by atoms with Gasteiger partial charge in [0.1, 0.15) is 17.5 Å². The molecule has 0 saturated heterocycles. The number of benzene rings is 3. The molecule has 0 radical (unpaired) electrons. The number of aromatic nitrogens is 6. The van der Waals surface area contributed by atoms with Gasteiger partial charge in [0.15, 0.2) is 0 Å². The number of carbonyl (C=O) groups excluding carboxylic acids is 3. The van der Waals surface area contributed by atoms with Gasteiger partial charge in [-0.1, -0.05) is 203 Å². The molecule has 7 N–H and O–H groups in total. The number of hydrogen-bond donors (Lipinski definition) is 5. The van der Waals surface area contributed by atoms with E-state index < -0.39 is 0 Å². The van der Waals surface area contributed by atoms with Crippen molar-refractivity contribution in [2.75, 3.05) is 62.0 Å². The predicted octanol–water partition coefficient (Wildman–Crippen LogP) is 21.1. The fraction of sp³-hybridized carbons (Fsp3) is 0.500. The van der Waals surface area contributed by atoms with Crippen LogP contribution in [0.25, 0.3) is 28.0 Å². The van der Waals surface area contributed by atoms with E-state index in [1.54, 1.807) is 32.4 Å². The molecular weight excluding hydrogens is 1340 g/mol. The molecule has 0 saturated carbocycles. The van der Waals surface area contributed by atoms with Crippen LogP contribution in [-0.2, 0) is 52.0 Å². The Morgan fingerprint density at radius 3 is 1.07 bits per heavy atom. The third-order valence-electron chi connectivity index (χ3n) is 16.1. The molecule has 3 aliphatic heterocycles. The second-order valence-corrected chi connectivity index (χ2v) is 21.2. The van der Waals surface area contributed by atoms with Crippen LogP contribution in [0.4, 0.5) is 17.5 Å². The normalized spacial score (nSPS) is 11.2. The van der Waals surface area contributed by atoms with Gasteiger partial charge in [0.2, 0.25) is 0 Å². The van der Waals surface area contributed by atoms with Crippen molar-refractivity contribution >= 4 is 40.9 Å². The lowest BCUT2D eigenvalue weighted by molar-refractivity contribution is 0.0954. The van der Waals surface area contributed by atoms with Crippen LogP contribution < -0.4 is 42.2 Å². The van der Waals surface area contributed by atoms with Crippen molar-refractivity contribution in [1.82, 2.24) is 50.3 Å². The number of anilines is 3. The van der Waals surface area contributed by atoms with Crippen LogP contribution >= 0.6 is 0 Å². The number of aryl methyl sites for hydroxylation is 5. The van der Waals surface area contributed by atoms with Crippen molar-refractivity contribution in [2.24, 2.45) is 11.6 Å². The number of nitrogens with zero attached hydrogens (tertiary/aromatic N) is 10. The van der Waals surface area contributed by atoms with Gasteiger partial charge in [-0.15, -0.1) is 0 Å². The third-order valence-corrected chi connectivity index (χ3v) is 16.1. The van der Waals surface area contributed by atoms with Gasteiger partial charge in [-0.05, 0) is 155 Å². The molecule has 18 heteroatoms. The maximum absolute atomic E-state index is 12.3. The molecule has 0 fully saturated rings. The summed E-state index contributed by atoms with van der Waals surface area (Å²) in [5.74, 6) is 8.49. The van der Waals surface area contributed by atoms with E-state index in [2.05, 4.69) is 128 Å². The van der Waals surface area contributed by atoms with Crippen molar-refractivity contribution in [1.29, 1.82) is 0 Å². The highest BCUT2D eigenvalue weighted by molar-refractivity contribution is 5.97. The smallest absolute Gasteiger partial charge is 0.251 e. The zero-order chi connectivity index (χ0) is 83.6. The standard InChI is InChI=1S/C23H26N4O.C22H25N5O.C21H28N6O.12C2H6/c1-4-26-12-10-18(14-26)19-8-9-22(25-16(19)2)27-13-11-17-6-5-7-20(21(17)15-27)23(28)24-3;1-4-27-13-17(12-24-27)18-8-9-21(25-15(18)2)26-11-10-16-6-5-7-19(20(16)14-26)22(28)23-3;1-4-27(23)13-19(22)16-8-9-20(25-14(16)2)26-11-10-15-6-5-7-17(18(15)12-26)21(28)24-3;12*1-2/h5-10,12,14H,4,11,13,15H2,1-3H3,(H,24,28);5-9,12-13H,4,10-11,14H2,1-3H3,(H,23,28);5-9,13H,4,10-12,22-23H2,1-3H3,(H,24,28);12*1-2H3/b;;19-13-;;;;;;;;;;;;. The van der Waals surface area contributed by atoms with E-state index in [4.69, 9.17) is 26.5 Å². The molecule has 0 unspecified atom stereocenters. The number of pyridine rings is 3. The summed E-state index contributed by atoms with van der Waals surface area (Å²) >= 11 is 0. The van der Waals surface area contributed by atoms with Gasteiger partial charge in [-0.3, -0.25) is 19.1 Å². The Kier molecular flexibility index (Phi) is 61.0. The number of hydrazine groups is 1. The molecular formula is C90H151N15O3. The van der Waals surface area contributed by atoms with Crippen LogP contribution in [0.2, 0.25) is 0 Å². The lowest BCUT2D eigenvalue weighted by Crippen LogP contribution is -2.33. The molecule has 0 atom stereocenters. The van der Waals surface area contributed by atoms with E-state index in [9.17, 15) is 14.4 Å². The summed E-state index contributed by atoms with van der Waals surface area (Å²) in [6.07, 6.45) is 12.6. The molecule has 11 rings (SSSR count). The molecule has 108 heavy (non-hydrogen) atoms. The Labute approximate surface area is 658 Å². The molecule has 0 aliphatic carbocycles. The van der Waals surface area contributed by atoms with E-state index in [1.807, 2.05) is 246 Å². The van der Waals surface area contributed by atoms with Gasteiger partial charge in [-0.2, -0.15) is 5.10 Å². The lowest BCUT2D eigenvalue weighted by atomic mass is 9.94. The zero-order valence-electron chi connectivity index (χ0n) is 74.0. The maximum Gasteiger partial charge on any atom is 0.251 e. The topological polar surface area (TPSA) is 214 Å². The number of fused-ring (bicyclic) bond motifs is 3. The Balaban J connectivity index is -0.000000657. The first-order chi connectivity index (χ1) is 52.6. The number of carbonyl (C=O) groups is 3. The average molecular weight is 1490 g/mol. The van der Waals surface area contributed by atoms with Gasteiger partial charge in [0.25, 0.3) is 17.7 Å². The fourth-order valence-electron chi connectivity index (χ4n) is 11.3. The first kappa shape index (κ1) is 105. The second-order valence-electron chi connectivity index (χ2n) is 21.2. The molecule has 0 bridgehead atoms. The monoisotopic (exact) mass is 1490 g/mol. The predicted molar refractivity (Wildman–Crippen MR) is 472 cm³/mol. The van der Waals surface area contributed by atoms with Crippen LogP contribution in [0, 0.1) is 20.8 Å². The van der Waals surface area contributed by atoms with Crippen LogP contribution in [0.3, 0.4) is 0 Å². The molecule has 3 amide bonds. The van der Waals surface area contributed by atoms with Gasteiger partial charge in [-0.25, -0.2) is 20.8 Å². The molecule has 8 heterocycles. The summed E-state index contributed by atoms with van der Waals surface area (Å²) in [4.78, 5) is 58.0. The molecule has 604 valence electrons. The largest absolute Gasteiger partial charge is 0.397 e. The Hall–Kier alpha value is -9.29. The molecule has 0 spiro atoms. The van der Waals surface area contributed by atoms with Crippen LogP contribution in [-0.4, -0.2) is 99.4 Å². The number of nitrogens with one attached hydrogen (secondary N) is 3. The highest BCUT2D eigenvalue weighted by Crippen LogP contribution is 2.33. The van der Waals surface area contributed by atoms with Crippen molar-refractivity contribution in [3.63, 3.8) is 0 Å². The first-order valence-electron chi connectivity index (χ1n) is 41.0. The highest BCUT2D eigenvalue weighted by Gasteiger charge is 2.26. The Morgan fingerprint density at radius 2 is 0.778 bits per heavy atom. The fourth-order valence-corrected chi connectivity index (χ4v) is 11.3. The molecule has 5 aromatic heterocycles. The minimum atomic E-state index is -0.0571. The van der Waals surface area contributed by atoms with Gasteiger partial charge in [0, 0.05) is 166 Å². The minimum absolute atomic E-state index is 0.0291. The van der Waals surface area contributed by atoms with E-state index >= 15 is 0 Å². The molecule has 8 aromatic rings. The summed E-state index contributed by atoms with van der Waals surface area (Å²) < 4.78 is 4.09. The second kappa shape index (κ2) is 62.7. The van der Waals surface area contributed by atoms with Crippen LogP contribution in [0.5, 0.6) is 0 Å². The quantitative estimate of drug-likeness (QED) is 0.0537. The summed E-state index contributed by atoms with van der Waals surface area (Å²) in [5, 5.41) is 14.1. The van der Waals surface area contributed by atoms with Crippen molar-refractivity contribution in [2.45, 2.75) is 260 Å². The highest BCUT2D eigenvalue weighted by atomic mass is 16.2. The van der Waals surface area contributed by atoms with Gasteiger partial charge < -0.3 is 46.0 Å². The van der Waals surface area contributed by atoms with Crippen molar-refractivity contribution in [3.05, 3.63) is 201 Å². The average Bonchev–Trinajstić information content (AvgIpc) is 1.03. The first-order valence-corrected chi connectivity index (χ1v) is 41.0. The Morgan fingerprint density at radius 1 is 0.435 bits per heavy atom. The van der Waals surface area contributed by atoms with Crippen LogP contribution in [0.1, 0.15) is 274 Å². The minimum Gasteiger partial charge on any atom is -0.397 e.